The molecule has 1 aromatic rings. The van der Waals surface area contributed by atoms with Gasteiger partial charge in [-0.2, -0.15) is 0 Å². The van der Waals surface area contributed by atoms with E-state index in [1.807, 2.05) is 35.2 Å². The van der Waals surface area contributed by atoms with E-state index in [-0.39, 0.29) is 5.91 Å². The largest absolute Gasteiger partial charge is 0.332 e. The summed E-state index contributed by atoms with van der Waals surface area (Å²) in [4.78, 5) is 14.0. The predicted molar refractivity (Wildman–Crippen MR) is 59.2 cm³/mol. The predicted octanol–water partition coefficient (Wildman–Crippen LogP) is 2.07. The van der Waals surface area contributed by atoms with Gasteiger partial charge in [-0.15, -0.1) is 0 Å². The van der Waals surface area contributed by atoms with Gasteiger partial charge in [-0.3, -0.25) is 4.79 Å². The van der Waals surface area contributed by atoms with Crippen LogP contribution in [0.1, 0.15) is 18.4 Å². The van der Waals surface area contributed by atoms with Crippen LogP contribution in [0.3, 0.4) is 0 Å². The average molecular weight is 199 g/mol. The minimum absolute atomic E-state index is 0.212. The van der Waals surface area contributed by atoms with Crippen LogP contribution in [0.2, 0.25) is 0 Å². The molecule has 1 saturated heterocycles. The van der Waals surface area contributed by atoms with Gasteiger partial charge in [0.15, 0.2) is 0 Å². The number of hydrogen-bond donors (Lipinski definition) is 0. The van der Waals surface area contributed by atoms with Crippen molar-refractivity contribution in [3.8, 4) is 0 Å². The molecule has 1 aromatic carbocycles. The minimum atomic E-state index is 0.212. The quantitative estimate of drug-likeness (QED) is 0.678. The summed E-state index contributed by atoms with van der Waals surface area (Å²) in [6.07, 6.45) is 4.40. The molecule has 76 valence electrons. The van der Waals surface area contributed by atoms with Gasteiger partial charge in [-0.05, 0) is 24.5 Å². The zero-order chi connectivity index (χ0) is 10.3. The highest BCUT2D eigenvalue weighted by Crippen LogP contribution is 2.32. The van der Waals surface area contributed by atoms with Gasteiger partial charge in [-0.1, -0.05) is 30.3 Å². The smallest absolute Gasteiger partial charge is 0.254 e. The summed E-state index contributed by atoms with van der Waals surface area (Å²) in [5, 5.41) is 0. The molecule has 15 heavy (non-hydrogen) atoms. The van der Waals surface area contributed by atoms with E-state index in [9.17, 15) is 4.79 Å². The average Bonchev–Trinajstić information content (AvgIpc) is 2.83. The Morgan fingerprint density at radius 2 is 2.00 bits per heavy atom. The van der Waals surface area contributed by atoms with Crippen molar-refractivity contribution in [2.45, 2.75) is 18.9 Å². The number of fused-ring (bicyclic) bond motifs is 1. The first-order chi connectivity index (χ1) is 7.36. The lowest BCUT2D eigenvalue weighted by atomic mass is 10.1. The molecule has 0 spiro atoms. The zero-order valence-electron chi connectivity index (χ0n) is 8.52. The Hall–Kier alpha value is -1.57. The summed E-state index contributed by atoms with van der Waals surface area (Å²) in [5.74, 6) is 0.212. The van der Waals surface area contributed by atoms with Crippen LogP contribution in [0, 0.1) is 0 Å². The number of rotatable bonds is 1. The lowest BCUT2D eigenvalue weighted by molar-refractivity contribution is -0.124. The molecule has 0 N–H and O–H groups in total. The summed E-state index contributed by atoms with van der Waals surface area (Å²) in [5.41, 5.74) is 1.94. The van der Waals surface area contributed by atoms with Gasteiger partial charge in [0.05, 0.1) is 6.04 Å². The Morgan fingerprint density at radius 3 is 2.73 bits per heavy atom. The zero-order valence-corrected chi connectivity index (χ0v) is 8.52. The van der Waals surface area contributed by atoms with Gasteiger partial charge >= 0.3 is 0 Å². The van der Waals surface area contributed by atoms with Crippen LogP contribution in [0.15, 0.2) is 36.4 Å². The third-order valence-corrected chi connectivity index (χ3v) is 3.23. The van der Waals surface area contributed by atoms with Crippen molar-refractivity contribution in [1.82, 2.24) is 4.90 Å². The van der Waals surface area contributed by atoms with E-state index in [4.69, 9.17) is 0 Å². The highest BCUT2D eigenvalue weighted by Gasteiger charge is 2.35. The third kappa shape index (κ3) is 1.29. The maximum absolute atomic E-state index is 12.0. The maximum Gasteiger partial charge on any atom is 0.254 e. The van der Waals surface area contributed by atoms with Crippen molar-refractivity contribution in [3.05, 3.63) is 42.0 Å². The number of benzene rings is 1. The van der Waals surface area contributed by atoms with Gasteiger partial charge in [0.25, 0.3) is 5.91 Å². The first-order valence-corrected chi connectivity index (χ1v) is 5.44. The Balaban J connectivity index is 1.98. The van der Waals surface area contributed by atoms with Gasteiger partial charge in [-0.25, -0.2) is 0 Å². The summed E-state index contributed by atoms with van der Waals surface area (Å²) < 4.78 is 0. The third-order valence-electron chi connectivity index (χ3n) is 3.23. The molecule has 2 nitrogen and oxygen atoms in total. The maximum atomic E-state index is 12.0. The van der Waals surface area contributed by atoms with Crippen LogP contribution in [-0.2, 0) is 4.79 Å². The van der Waals surface area contributed by atoms with Crippen LogP contribution in [-0.4, -0.2) is 23.4 Å². The topological polar surface area (TPSA) is 20.3 Å². The summed E-state index contributed by atoms with van der Waals surface area (Å²) in [6, 6.07) is 10.3. The minimum Gasteiger partial charge on any atom is -0.332 e. The van der Waals surface area contributed by atoms with Crippen LogP contribution in [0.25, 0.3) is 5.57 Å². The van der Waals surface area contributed by atoms with E-state index in [0.29, 0.717) is 6.04 Å². The Bertz CT molecular complexity index is 421. The molecule has 2 aliphatic heterocycles. The van der Waals surface area contributed by atoms with Crippen molar-refractivity contribution in [2.24, 2.45) is 0 Å². The highest BCUT2D eigenvalue weighted by molar-refractivity contribution is 6.21. The Kier molecular flexibility index (Phi) is 1.88. The van der Waals surface area contributed by atoms with E-state index in [2.05, 4.69) is 6.08 Å². The van der Waals surface area contributed by atoms with E-state index >= 15 is 0 Å². The molecule has 0 radical (unpaired) electrons. The number of nitrogens with zero attached hydrogens (tertiary/aromatic N) is 1. The molecule has 3 rings (SSSR count). The molecule has 2 aliphatic rings. The van der Waals surface area contributed by atoms with Crippen LogP contribution in [0.5, 0.6) is 0 Å². The second-order valence-electron chi connectivity index (χ2n) is 4.15. The molecule has 0 saturated carbocycles. The number of carbonyl (C=O) groups excluding carboxylic acids is 1. The van der Waals surface area contributed by atoms with Crippen molar-refractivity contribution >= 4 is 11.5 Å². The number of carbonyl (C=O) groups is 1. The van der Waals surface area contributed by atoms with Crippen molar-refractivity contribution < 1.29 is 4.79 Å². The van der Waals surface area contributed by atoms with Crippen molar-refractivity contribution in [2.75, 3.05) is 6.54 Å². The van der Waals surface area contributed by atoms with Crippen LogP contribution < -0.4 is 0 Å². The summed E-state index contributed by atoms with van der Waals surface area (Å²) in [6.45, 7) is 0.927. The van der Waals surface area contributed by atoms with E-state index in [0.717, 1.165) is 30.5 Å². The fourth-order valence-electron chi connectivity index (χ4n) is 2.47. The summed E-state index contributed by atoms with van der Waals surface area (Å²) in [7, 11) is 0. The fourth-order valence-corrected chi connectivity index (χ4v) is 2.47. The Labute approximate surface area is 89.2 Å². The monoisotopic (exact) mass is 199 g/mol. The van der Waals surface area contributed by atoms with Gasteiger partial charge < -0.3 is 4.90 Å². The number of hydrogen-bond acceptors (Lipinski definition) is 1. The molecular weight excluding hydrogens is 186 g/mol. The standard InChI is InChI=1S/C13H13NO/c15-13-12(10-5-2-1-3-6-10)9-11-7-4-8-14(11)13/h1-3,5-6,9,11H,4,7-8H2. The second-order valence-corrected chi connectivity index (χ2v) is 4.15. The summed E-state index contributed by atoms with van der Waals surface area (Å²) >= 11 is 0. The molecule has 1 atom stereocenters. The first kappa shape index (κ1) is 8.72. The number of amides is 1. The van der Waals surface area contributed by atoms with Gasteiger partial charge in [0, 0.05) is 12.1 Å². The van der Waals surface area contributed by atoms with Crippen LogP contribution >= 0.6 is 0 Å². The molecule has 2 heteroatoms. The van der Waals surface area contributed by atoms with Crippen LogP contribution in [0.4, 0.5) is 0 Å². The highest BCUT2D eigenvalue weighted by atomic mass is 16.2. The van der Waals surface area contributed by atoms with E-state index in [1.54, 1.807) is 0 Å². The first-order valence-electron chi connectivity index (χ1n) is 5.44. The normalized spacial score (nSPS) is 24.3. The molecule has 2 heterocycles. The van der Waals surface area contributed by atoms with Gasteiger partial charge in [0.1, 0.15) is 0 Å². The van der Waals surface area contributed by atoms with Crippen molar-refractivity contribution in [3.63, 3.8) is 0 Å². The second kappa shape index (κ2) is 3.23. The molecule has 1 unspecified atom stereocenters. The van der Waals surface area contributed by atoms with Gasteiger partial charge in [0.2, 0.25) is 0 Å². The molecule has 1 amide bonds. The lowest BCUT2D eigenvalue weighted by Gasteiger charge is -2.14. The van der Waals surface area contributed by atoms with E-state index < -0.39 is 0 Å². The Morgan fingerprint density at radius 1 is 1.20 bits per heavy atom. The molecular formula is C13H13NO. The fraction of sp³-hybridized carbons (Fsp3) is 0.308. The SMILES string of the molecule is O=C1C(c2ccccc2)=CC2CCCN12. The molecule has 0 bridgehead atoms. The van der Waals surface area contributed by atoms with E-state index in [1.165, 1.54) is 0 Å². The lowest BCUT2D eigenvalue weighted by Crippen LogP contribution is -2.28. The molecule has 1 fully saturated rings. The molecule has 0 aliphatic carbocycles. The van der Waals surface area contributed by atoms with Crippen molar-refractivity contribution in [1.29, 1.82) is 0 Å². The molecule has 0 aromatic heterocycles.